The predicted octanol–water partition coefficient (Wildman–Crippen LogP) is 0.469. The van der Waals surface area contributed by atoms with E-state index in [1.54, 1.807) is 18.2 Å². The Morgan fingerprint density at radius 1 is 1.14 bits per heavy atom. The zero-order valence-corrected chi connectivity index (χ0v) is 16.2. The Labute approximate surface area is 168 Å². The van der Waals surface area contributed by atoms with E-state index in [1.165, 1.54) is 0 Å². The first-order valence-corrected chi connectivity index (χ1v) is 9.12. The minimum Gasteiger partial charge on any atom is -0.385 e. The van der Waals surface area contributed by atoms with Crippen LogP contribution in [0, 0.1) is 0 Å². The van der Waals surface area contributed by atoms with Crippen LogP contribution in [0.25, 0.3) is 0 Å². The monoisotopic (exact) mass is 407 g/mol. The lowest BCUT2D eigenvalue weighted by atomic mass is 9.81. The van der Waals surface area contributed by atoms with Crippen molar-refractivity contribution in [2.45, 2.75) is 50.3 Å². The Morgan fingerprint density at radius 3 is 2.54 bits per heavy atom. The van der Waals surface area contributed by atoms with Gasteiger partial charge in [0.15, 0.2) is 0 Å². The number of hydrogen-bond acceptors (Lipinski definition) is 6. The van der Waals surface area contributed by atoms with Crippen LogP contribution in [0.1, 0.15) is 58.9 Å². The molecule has 3 unspecified atom stereocenters. The number of imide groups is 2. The number of nitrogens with one attached hydrogen (secondary N) is 2. The number of hydrogen-bond donors (Lipinski definition) is 3. The van der Waals surface area contributed by atoms with Gasteiger partial charge in [0.2, 0.25) is 11.8 Å². The first-order valence-electron chi connectivity index (χ1n) is 9.12. The second-order valence-corrected chi connectivity index (χ2v) is 7.55. The highest BCUT2D eigenvalue weighted by molar-refractivity contribution is 6.23. The summed E-state index contributed by atoms with van der Waals surface area (Å²) < 4.78 is 0. The van der Waals surface area contributed by atoms with Crippen LogP contribution in [-0.4, -0.2) is 52.3 Å². The van der Waals surface area contributed by atoms with Gasteiger partial charge in [-0.05, 0) is 50.4 Å². The number of piperidine rings is 2. The van der Waals surface area contributed by atoms with E-state index in [4.69, 9.17) is 0 Å². The SMILES string of the molecule is CC1CC(O)(c2ccc3c(c2)C(=O)N(C2CCC(=O)NC2=O)C3=O)CCN1.Cl. The number of halogens is 1. The molecule has 3 aliphatic rings. The zero-order chi connectivity index (χ0) is 19.3. The molecule has 4 amide bonds. The van der Waals surface area contributed by atoms with Gasteiger partial charge in [0.1, 0.15) is 6.04 Å². The van der Waals surface area contributed by atoms with Crippen molar-refractivity contribution in [2.75, 3.05) is 6.54 Å². The van der Waals surface area contributed by atoms with Crippen molar-refractivity contribution in [3.8, 4) is 0 Å². The van der Waals surface area contributed by atoms with E-state index in [0.29, 0.717) is 24.9 Å². The number of carbonyl (C=O) groups excluding carboxylic acids is 4. The standard InChI is InChI=1S/C19H21N3O5.ClH/c1-10-9-19(27,6-7-20-10)11-2-3-12-13(8-11)18(26)22(17(12)25)14-4-5-15(23)21-16(14)24;/h2-3,8,10,14,20,27H,4-7,9H2,1H3,(H,21,23,24);1H. The molecule has 1 aromatic rings. The second-order valence-electron chi connectivity index (χ2n) is 7.55. The number of carbonyl (C=O) groups is 4. The summed E-state index contributed by atoms with van der Waals surface area (Å²) in [5.74, 6) is -2.14. The molecule has 0 aliphatic carbocycles. The van der Waals surface area contributed by atoms with E-state index in [2.05, 4.69) is 10.6 Å². The van der Waals surface area contributed by atoms with Crippen molar-refractivity contribution in [1.82, 2.24) is 15.5 Å². The van der Waals surface area contributed by atoms with Crippen LogP contribution in [0.3, 0.4) is 0 Å². The van der Waals surface area contributed by atoms with Crippen molar-refractivity contribution in [3.05, 3.63) is 34.9 Å². The van der Waals surface area contributed by atoms with E-state index in [0.717, 1.165) is 4.90 Å². The third-order valence-electron chi connectivity index (χ3n) is 5.65. The molecule has 2 saturated heterocycles. The Balaban J connectivity index is 0.00000225. The molecule has 2 fully saturated rings. The van der Waals surface area contributed by atoms with Gasteiger partial charge in [0.25, 0.3) is 11.8 Å². The molecule has 3 atom stereocenters. The molecule has 0 radical (unpaired) electrons. The molecule has 4 rings (SSSR count). The van der Waals surface area contributed by atoms with Crippen molar-refractivity contribution in [1.29, 1.82) is 0 Å². The fourth-order valence-corrected chi connectivity index (χ4v) is 4.23. The third kappa shape index (κ3) is 3.21. The number of aliphatic hydroxyl groups is 1. The number of amides is 4. The second kappa shape index (κ2) is 7.27. The molecule has 0 spiro atoms. The van der Waals surface area contributed by atoms with E-state index < -0.39 is 35.3 Å². The quantitative estimate of drug-likeness (QED) is 0.614. The molecule has 3 heterocycles. The molecule has 9 heteroatoms. The normalized spacial score (nSPS) is 30.0. The molecular weight excluding hydrogens is 386 g/mol. The Bertz CT molecular complexity index is 873. The van der Waals surface area contributed by atoms with Gasteiger partial charge in [0, 0.05) is 12.5 Å². The zero-order valence-electron chi connectivity index (χ0n) is 15.4. The summed E-state index contributed by atoms with van der Waals surface area (Å²) in [4.78, 5) is 50.0. The maximum Gasteiger partial charge on any atom is 0.262 e. The Kier molecular flexibility index (Phi) is 5.31. The van der Waals surface area contributed by atoms with Crippen LogP contribution in [0.15, 0.2) is 18.2 Å². The molecule has 0 bridgehead atoms. The minimum absolute atomic E-state index is 0. The van der Waals surface area contributed by atoms with Gasteiger partial charge in [-0.25, -0.2) is 0 Å². The summed E-state index contributed by atoms with van der Waals surface area (Å²) in [6.45, 7) is 2.64. The highest BCUT2D eigenvalue weighted by atomic mass is 35.5. The maximum absolute atomic E-state index is 12.9. The highest BCUT2D eigenvalue weighted by Crippen LogP contribution is 2.36. The van der Waals surface area contributed by atoms with Gasteiger partial charge in [-0.15, -0.1) is 12.4 Å². The van der Waals surface area contributed by atoms with Crippen LogP contribution >= 0.6 is 12.4 Å². The van der Waals surface area contributed by atoms with Crippen molar-refractivity contribution in [2.24, 2.45) is 0 Å². The Hall–Kier alpha value is -2.29. The van der Waals surface area contributed by atoms with Gasteiger partial charge in [0.05, 0.1) is 16.7 Å². The van der Waals surface area contributed by atoms with E-state index in [1.807, 2.05) is 6.92 Å². The summed E-state index contributed by atoms with van der Waals surface area (Å²) >= 11 is 0. The van der Waals surface area contributed by atoms with Crippen LogP contribution < -0.4 is 10.6 Å². The third-order valence-corrected chi connectivity index (χ3v) is 5.65. The molecule has 28 heavy (non-hydrogen) atoms. The molecule has 8 nitrogen and oxygen atoms in total. The Morgan fingerprint density at radius 2 is 1.86 bits per heavy atom. The van der Waals surface area contributed by atoms with Crippen LogP contribution in [0.4, 0.5) is 0 Å². The summed E-state index contributed by atoms with van der Waals surface area (Å²) in [6, 6.07) is 3.94. The average molecular weight is 408 g/mol. The fraction of sp³-hybridized carbons (Fsp3) is 0.474. The fourth-order valence-electron chi connectivity index (χ4n) is 4.23. The van der Waals surface area contributed by atoms with E-state index >= 15 is 0 Å². The minimum atomic E-state index is -1.06. The van der Waals surface area contributed by atoms with Crippen LogP contribution in [-0.2, 0) is 15.2 Å². The lowest BCUT2D eigenvalue weighted by Gasteiger charge is -2.36. The molecule has 150 valence electrons. The van der Waals surface area contributed by atoms with Crippen LogP contribution in [0.5, 0.6) is 0 Å². The number of nitrogens with zero attached hydrogens (tertiary/aromatic N) is 1. The first-order chi connectivity index (χ1) is 12.8. The average Bonchev–Trinajstić information content (AvgIpc) is 2.86. The predicted molar refractivity (Wildman–Crippen MR) is 101 cm³/mol. The smallest absolute Gasteiger partial charge is 0.262 e. The maximum atomic E-state index is 12.9. The lowest BCUT2D eigenvalue weighted by Crippen LogP contribution is -2.54. The van der Waals surface area contributed by atoms with Crippen molar-refractivity contribution in [3.63, 3.8) is 0 Å². The number of fused-ring (bicyclic) bond motifs is 1. The van der Waals surface area contributed by atoms with Gasteiger partial charge in [-0.1, -0.05) is 6.07 Å². The largest absolute Gasteiger partial charge is 0.385 e. The summed E-state index contributed by atoms with van der Waals surface area (Å²) in [5, 5.41) is 16.5. The van der Waals surface area contributed by atoms with E-state index in [-0.39, 0.29) is 42.4 Å². The van der Waals surface area contributed by atoms with Crippen molar-refractivity contribution >= 4 is 36.0 Å². The molecular formula is C19H22ClN3O5. The molecule has 0 saturated carbocycles. The molecule has 0 aromatic heterocycles. The molecule has 3 aliphatic heterocycles. The molecule has 3 N–H and O–H groups in total. The van der Waals surface area contributed by atoms with Gasteiger partial charge >= 0.3 is 0 Å². The number of rotatable bonds is 2. The van der Waals surface area contributed by atoms with Crippen LogP contribution in [0.2, 0.25) is 0 Å². The van der Waals surface area contributed by atoms with Gasteiger partial charge in [-0.3, -0.25) is 29.4 Å². The topological polar surface area (TPSA) is 116 Å². The summed E-state index contributed by atoms with van der Waals surface area (Å²) in [5.41, 5.74) is -0.0489. The number of benzene rings is 1. The highest BCUT2D eigenvalue weighted by Gasteiger charge is 2.45. The lowest BCUT2D eigenvalue weighted by molar-refractivity contribution is -0.136. The van der Waals surface area contributed by atoms with E-state index in [9.17, 15) is 24.3 Å². The van der Waals surface area contributed by atoms with Crippen molar-refractivity contribution < 1.29 is 24.3 Å². The van der Waals surface area contributed by atoms with Gasteiger partial charge in [-0.2, -0.15) is 0 Å². The summed E-state index contributed by atoms with van der Waals surface area (Å²) in [7, 11) is 0. The van der Waals surface area contributed by atoms with Gasteiger partial charge < -0.3 is 10.4 Å². The molecule has 1 aromatic carbocycles. The first kappa shape index (κ1) is 20.4. The summed E-state index contributed by atoms with van der Waals surface area (Å²) in [6.07, 6.45) is 1.22.